The predicted molar refractivity (Wildman–Crippen MR) is 226 cm³/mol. The molecule has 0 saturated heterocycles. The average molecular weight is 1220 g/mol. The Morgan fingerprint density at radius 2 is 1.45 bits per heavy atom. The molecule has 0 radical (unpaired) electrons. The van der Waals surface area contributed by atoms with E-state index in [1.807, 2.05) is 111 Å². The molecule has 49 heavy (non-hydrogen) atoms. The van der Waals surface area contributed by atoms with Gasteiger partial charge in [0.2, 0.25) is 5.43 Å². The van der Waals surface area contributed by atoms with Crippen LogP contribution in [0.2, 0.25) is 26.1 Å². The van der Waals surface area contributed by atoms with Gasteiger partial charge >= 0.3 is 20.9 Å². The number of hydrogen-bond donors (Lipinski definition) is 2. The number of carbonyl (C=O) groups is 2. The van der Waals surface area contributed by atoms with Crippen LogP contribution in [0, 0.1) is 14.3 Å². The van der Waals surface area contributed by atoms with Crippen LogP contribution in [-0.4, -0.2) is 52.3 Å². The lowest BCUT2D eigenvalue weighted by Crippen LogP contribution is -2.46. The van der Waals surface area contributed by atoms with E-state index >= 15 is 0 Å². The first kappa shape index (κ1) is 41.8. The van der Waals surface area contributed by atoms with Crippen LogP contribution in [0.15, 0.2) is 21.3 Å². The van der Waals surface area contributed by atoms with Gasteiger partial charge in [-0.2, -0.15) is 0 Å². The lowest BCUT2D eigenvalue weighted by atomic mass is 9.90. The summed E-state index contributed by atoms with van der Waals surface area (Å²) in [7, 11) is -2.88. The van der Waals surface area contributed by atoms with Gasteiger partial charge in [0.25, 0.3) is 0 Å². The third-order valence-corrected chi connectivity index (χ3v) is 15.5. The molecule has 2 N–H and O–H groups in total. The van der Waals surface area contributed by atoms with Crippen molar-refractivity contribution in [1.82, 2.24) is 5.32 Å². The predicted octanol–water partition coefficient (Wildman–Crippen LogP) is 10.8. The first-order valence-corrected chi connectivity index (χ1v) is 22.1. The van der Waals surface area contributed by atoms with Crippen molar-refractivity contribution in [2.24, 2.45) is 0 Å². The number of aromatic carboxylic acids is 1. The number of halogens is 8. The first-order valence-electron chi connectivity index (χ1n) is 14.4. The van der Waals surface area contributed by atoms with Crippen LogP contribution in [-0.2, 0) is 13.3 Å². The summed E-state index contributed by atoms with van der Waals surface area (Å²) in [5.74, 6) is -1.07. The van der Waals surface area contributed by atoms with Crippen LogP contribution in [0.4, 0.5) is 4.79 Å². The molecular weight excluding hydrogens is 1200 g/mol. The highest BCUT2D eigenvalue weighted by atomic mass is 127. The van der Waals surface area contributed by atoms with Gasteiger partial charge in [-0.15, -0.1) is 0 Å². The maximum atomic E-state index is 13.1. The quantitative estimate of drug-likeness (QED) is 0.0335. The number of carbonyl (C=O) groups excluding carboxylic acids is 1. The van der Waals surface area contributed by atoms with Gasteiger partial charge in [-0.1, -0.05) is 46.4 Å². The minimum Gasteiger partial charge on any atom is -0.478 e. The van der Waals surface area contributed by atoms with E-state index in [-0.39, 0.29) is 69.4 Å². The van der Waals surface area contributed by atoms with Crippen molar-refractivity contribution in [3.8, 4) is 28.2 Å². The van der Waals surface area contributed by atoms with Gasteiger partial charge in [-0.3, -0.25) is 4.79 Å². The normalized spacial score (nSPS) is 11.8. The summed E-state index contributed by atoms with van der Waals surface area (Å²) in [6.45, 7) is 7.22. The summed E-state index contributed by atoms with van der Waals surface area (Å²) in [5.41, 5.74) is 0.159. The van der Waals surface area contributed by atoms with E-state index in [1.165, 1.54) is 0 Å². The third-order valence-electron chi connectivity index (χ3n) is 6.95. The molecule has 4 rings (SSSR count). The van der Waals surface area contributed by atoms with Crippen molar-refractivity contribution < 1.29 is 37.1 Å². The Balaban J connectivity index is 1.84. The van der Waals surface area contributed by atoms with Crippen LogP contribution in [0.5, 0.6) is 5.75 Å². The summed E-state index contributed by atoms with van der Waals surface area (Å²) in [5, 5.41) is 12.6. The van der Waals surface area contributed by atoms with Gasteiger partial charge in [0.15, 0.2) is 17.1 Å². The number of carboxylic acid groups (broad SMARTS) is 1. The highest BCUT2D eigenvalue weighted by Crippen LogP contribution is 2.52. The number of amides is 1. The second-order valence-corrected chi connectivity index (χ2v) is 18.7. The second kappa shape index (κ2) is 17.9. The molecule has 0 aromatic heterocycles. The second-order valence-electron chi connectivity index (χ2n) is 9.95. The summed E-state index contributed by atoms with van der Waals surface area (Å²) in [6.07, 6.45) is -0.197. The Morgan fingerprint density at radius 3 is 2.02 bits per heavy atom. The highest BCUT2D eigenvalue weighted by molar-refractivity contribution is 14.1. The van der Waals surface area contributed by atoms with Crippen molar-refractivity contribution in [1.29, 1.82) is 0 Å². The number of nitrogens with one attached hydrogen (secondary N) is 1. The Hall–Kier alpha value is 0.0469. The molecule has 1 amide bonds. The van der Waals surface area contributed by atoms with Gasteiger partial charge in [0.05, 0.1) is 32.8 Å². The standard InChI is InChI=1S/C30H25Cl4I4NO9Si/c1-4-44-49(45-5-2,46-6-3)9-7-8-39-30(43)48-28-15(36)11-13-16(17-18(29(41)42)20(32)22(34)21(33)19(17)31)12-10-14(35)25(40)23(37)26(12)47-27(13)24(28)38/h10-11H,4-9H2,1-3H3,(H,39,43)(H,41,42). The van der Waals surface area contributed by atoms with Crippen molar-refractivity contribution in [2.75, 3.05) is 26.4 Å². The summed E-state index contributed by atoms with van der Waals surface area (Å²) in [6, 6.07) is 3.74. The van der Waals surface area contributed by atoms with Gasteiger partial charge in [-0.05, 0) is 130 Å². The van der Waals surface area contributed by atoms with Gasteiger partial charge in [0.1, 0.15) is 7.14 Å². The topological polar surface area (TPSA) is 134 Å². The molecule has 2 aromatic carbocycles. The highest BCUT2D eigenvalue weighted by Gasteiger charge is 2.40. The minimum absolute atomic E-state index is 0.0200. The fourth-order valence-electron chi connectivity index (χ4n) is 5.04. The lowest BCUT2D eigenvalue weighted by molar-refractivity contribution is 0.0692. The zero-order valence-electron chi connectivity index (χ0n) is 25.6. The van der Waals surface area contributed by atoms with Crippen LogP contribution in [0.3, 0.4) is 0 Å². The Kier molecular flexibility index (Phi) is 15.3. The van der Waals surface area contributed by atoms with Crippen molar-refractivity contribution >= 4 is 169 Å². The van der Waals surface area contributed by atoms with E-state index in [4.69, 9.17) is 68.8 Å². The van der Waals surface area contributed by atoms with E-state index in [9.17, 15) is 19.5 Å². The molecule has 1 aliphatic heterocycles. The summed E-state index contributed by atoms with van der Waals surface area (Å²) in [4.78, 5) is 38.7. The number of hydrogen-bond acceptors (Lipinski definition) is 8. The number of carboxylic acids is 1. The number of ether oxygens (including phenoxy) is 1. The maximum absolute atomic E-state index is 13.1. The van der Waals surface area contributed by atoms with E-state index in [1.54, 1.807) is 12.1 Å². The van der Waals surface area contributed by atoms with Crippen molar-refractivity contribution in [3.63, 3.8) is 0 Å². The Bertz CT molecular complexity index is 1960. The van der Waals surface area contributed by atoms with Crippen LogP contribution < -0.4 is 15.5 Å². The molecule has 1 heterocycles. The van der Waals surface area contributed by atoms with E-state index < -0.39 is 20.9 Å². The molecule has 10 nitrogen and oxygen atoms in total. The molecular formula is C30H25Cl4I4NO9Si. The van der Waals surface area contributed by atoms with E-state index in [2.05, 4.69) is 5.32 Å². The first-order chi connectivity index (χ1) is 23.1. The number of rotatable bonds is 13. The average Bonchev–Trinajstić information content (AvgIpc) is 3.04. The van der Waals surface area contributed by atoms with Gasteiger partial charge in [0, 0.05) is 54.5 Å². The van der Waals surface area contributed by atoms with Crippen LogP contribution in [0.25, 0.3) is 33.4 Å². The molecule has 0 bridgehead atoms. The molecule has 0 fully saturated rings. The van der Waals surface area contributed by atoms with Crippen molar-refractivity contribution in [3.05, 3.63) is 62.3 Å². The molecule has 1 aliphatic carbocycles. The summed E-state index contributed by atoms with van der Waals surface area (Å²) < 4.78 is 31.2. The molecule has 0 atom stereocenters. The zero-order valence-corrected chi connectivity index (χ0v) is 38.3. The smallest absolute Gasteiger partial charge is 0.478 e. The number of fused-ring (bicyclic) bond motifs is 2. The monoisotopic (exact) mass is 1220 g/mol. The molecule has 2 aromatic rings. The van der Waals surface area contributed by atoms with E-state index in [0.717, 1.165) is 0 Å². The van der Waals surface area contributed by atoms with Gasteiger partial charge in [-0.25, -0.2) is 9.59 Å². The molecule has 264 valence electrons. The zero-order chi connectivity index (χ0) is 36.4. The molecule has 0 saturated carbocycles. The van der Waals surface area contributed by atoms with Crippen LogP contribution in [0.1, 0.15) is 37.6 Å². The maximum Gasteiger partial charge on any atom is 0.500 e. The molecule has 19 heteroatoms. The summed E-state index contributed by atoms with van der Waals surface area (Å²) >= 11 is 33.7. The fraction of sp³-hybridized carbons (Fsp3) is 0.300. The Morgan fingerprint density at radius 1 is 0.857 bits per heavy atom. The van der Waals surface area contributed by atoms with E-state index in [0.29, 0.717) is 53.9 Å². The number of benzene rings is 3. The molecule has 2 aliphatic rings. The molecule has 0 unspecified atom stereocenters. The Labute approximate surface area is 356 Å². The van der Waals surface area contributed by atoms with Crippen molar-refractivity contribution in [2.45, 2.75) is 33.2 Å². The SMILES string of the molecule is CCO[Si](CCCNC(=O)Oc1c(I)cc2c(-c3c(Cl)c(Cl)c(Cl)c(Cl)c3C(=O)O)c3cc(I)c(=O)c(I)c-3oc2c1I)(OCC)OCC. The third kappa shape index (κ3) is 8.73. The van der Waals surface area contributed by atoms with Gasteiger partial charge < -0.3 is 32.9 Å². The molecule has 0 spiro atoms. The fourth-order valence-corrected chi connectivity index (χ4v) is 12.5. The van der Waals surface area contributed by atoms with Crippen LogP contribution >= 0.6 is 137 Å². The largest absolute Gasteiger partial charge is 0.500 e. The lowest BCUT2D eigenvalue weighted by Gasteiger charge is -2.28. The minimum atomic E-state index is -2.88.